The maximum Gasteiger partial charge on any atom is 0.220 e. The zero-order valence-corrected chi connectivity index (χ0v) is 10.6. The van der Waals surface area contributed by atoms with Crippen molar-refractivity contribution in [2.45, 2.75) is 49.9 Å². The van der Waals surface area contributed by atoms with E-state index in [9.17, 15) is 4.79 Å². The molecule has 2 fully saturated rings. The Bertz CT molecular complexity index is 201. The third kappa shape index (κ3) is 3.98. The van der Waals surface area contributed by atoms with Gasteiger partial charge in [-0.05, 0) is 37.9 Å². The lowest BCUT2D eigenvalue weighted by Gasteiger charge is -2.11. The normalized spacial score (nSPS) is 29.5. The van der Waals surface area contributed by atoms with Gasteiger partial charge in [-0.3, -0.25) is 4.79 Å². The number of carbonyl (C=O) groups is 1. The molecule has 0 saturated carbocycles. The summed E-state index contributed by atoms with van der Waals surface area (Å²) in [5.74, 6) is 1.46. The molecule has 2 aliphatic rings. The fourth-order valence-electron chi connectivity index (χ4n) is 2.29. The zero-order chi connectivity index (χ0) is 11.2. The molecule has 0 aromatic heterocycles. The van der Waals surface area contributed by atoms with E-state index >= 15 is 0 Å². The summed E-state index contributed by atoms with van der Waals surface area (Å²) in [7, 11) is 0. The lowest BCUT2D eigenvalue weighted by molar-refractivity contribution is -0.121. The highest BCUT2D eigenvalue weighted by Crippen LogP contribution is 2.25. The van der Waals surface area contributed by atoms with Crippen LogP contribution in [-0.2, 0) is 9.53 Å². The van der Waals surface area contributed by atoms with Gasteiger partial charge in [0.25, 0.3) is 0 Å². The molecule has 92 valence electrons. The standard InChI is InChI=1S/C12H21NO2S/c14-12(6-5-10-3-1-7-15-10)13-9-11-4-2-8-16-11/h10-11H,1-9H2,(H,13,14)/t10-,11-/m0/s1. The molecule has 2 heterocycles. The van der Waals surface area contributed by atoms with E-state index in [1.54, 1.807) is 0 Å². The molecule has 1 N–H and O–H groups in total. The first-order chi connectivity index (χ1) is 7.84. The van der Waals surface area contributed by atoms with Crippen LogP contribution in [0, 0.1) is 0 Å². The van der Waals surface area contributed by atoms with Gasteiger partial charge >= 0.3 is 0 Å². The molecule has 0 radical (unpaired) electrons. The maximum atomic E-state index is 11.6. The van der Waals surface area contributed by atoms with Gasteiger partial charge in [-0.25, -0.2) is 0 Å². The fraction of sp³-hybridized carbons (Fsp3) is 0.917. The van der Waals surface area contributed by atoms with E-state index in [4.69, 9.17) is 4.74 Å². The number of thioether (sulfide) groups is 1. The van der Waals surface area contributed by atoms with Gasteiger partial charge in [0.15, 0.2) is 0 Å². The maximum absolute atomic E-state index is 11.6. The molecule has 16 heavy (non-hydrogen) atoms. The van der Waals surface area contributed by atoms with Gasteiger partial charge in [0.2, 0.25) is 5.91 Å². The van der Waals surface area contributed by atoms with Crippen molar-refractivity contribution in [3.8, 4) is 0 Å². The van der Waals surface area contributed by atoms with Crippen molar-refractivity contribution in [3.05, 3.63) is 0 Å². The molecule has 3 nitrogen and oxygen atoms in total. The van der Waals surface area contributed by atoms with Crippen LogP contribution >= 0.6 is 11.8 Å². The topological polar surface area (TPSA) is 38.3 Å². The van der Waals surface area contributed by atoms with Crippen LogP contribution in [0.1, 0.15) is 38.5 Å². The molecule has 0 bridgehead atoms. The quantitative estimate of drug-likeness (QED) is 0.802. The minimum absolute atomic E-state index is 0.197. The smallest absolute Gasteiger partial charge is 0.220 e. The second-order valence-corrected chi connectivity index (χ2v) is 6.02. The van der Waals surface area contributed by atoms with Gasteiger partial charge in [-0.15, -0.1) is 0 Å². The van der Waals surface area contributed by atoms with E-state index in [1.807, 2.05) is 11.8 Å². The van der Waals surface area contributed by atoms with Crippen molar-refractivity contribution < 1.29 is 9.53 Å². The number of rotatable bonds is 5. The van der Waals surface area contributed by atoms with Crippen molar-refractivity contribution >= 4 is 17.7 Å². The van der Waals surface area contributed by atoms with E-state index in [0.29, 0.717) is 17.8 Å². The Hall–Kier alpha value is -0.220. The SMILES string of the molecule is O=C(CC[C@@H]1CCCO1)NC[C@@H]1CCCS1. The second-order valence-electron chi connectivity index (χ2n) is 4.61. The van der Waals surface area contributed by atoms with Crippen molar-refractivity contribution in [2.75, 3.05) is 18.9 Å². The van der Waals surface area contributed by atoms with Crippen LogP contribution in [0.25, 0.3) is 0 Å². The van der Waals surface area contributed by atoms with Gasteiger partial charge < -0.3 is 10.1 Å². The Morgan fingerprint density at radius 2 is 2.31 bits per heavy atom. The molecule has 2 atom stereocenters. The van der Waals surface area contributed by atoms with Crippen molar-refractivity contribution in [1.29, 1.82) is 0 Å². The van der Waals surface area contributed by atoms with Gasteiger partial charge in [-0.2, -0.15) is 11.8 Å². The molecular formula is C12H21NO2S. The van der Waals surface area contributed by atoms with E-state index < -0.39 is 0 Å². The van der Waals surface area contributed by atoms with E-state index in [-0.39, 0.29) is 5.91 Å². The molecule has 4 heteroatoms. The Balaban J connectivity index is 1.53. The summed E-state index contributed by atoms with van der Waals surface area (Å²) >= 11 is 1.99. The summed E-state index contributed by atoms with van der Waals surface area (Å²) in [6, 6.07) is 0. The molecule has 0 aromatic carbocycles. The average molecular weight is 243 g/mol. The van der Waals surface area contributed by atoms with Crippen LogP contribution in [0.2, 0.25) is 0 Å². The first-order valence-corrected chi connectivity index (χ1v) is 7.39. The van der Waals surface area contributed by atoms with Crippen molar-refractivity contribution in [2.24, 2.45) is 0 Å². The molecule has 0 aliphatic carbocycles. The predicted molar refractivity (Wildman–Crippen MR) is 66.7 cm³/mol. The lowest BCUT2D eigenvalue weighted by Crippen LogP contribution is -2.30. The van der Waals surface area contributed by atoms with Crippen LogP contribution in [0.5, 0.6) is 0 Å². The predicted octanol–water partition coefficient (Wildman–Crippen LogP) is 1.96. The Morgan fingerprint density at radius 3 is 3.00 bits per heavy atom. The lowest BCUT2D eigenvalue weighted by atomic mass is 10.1. The number of amides is 1. The molecule has 0 aromatic rings. The summed E-state index contributed by atoms with van der Waals surface area (Å²) in [5.41, 5.74) is 0. The van der Waals surface area contributed by atoms with E-state index in [1.165, 1.54) is 18.6 Å². The first kappa shape index (κ1) is 12.2. The Kier molecular flexibility index (Phi) is 4.97. The number of nitrogens with one attached hydrogen (secondary N) is 1. The minimum atomic E-state index is 0.197. The highest BCUT2D eigenvalue weighted by atomic mass is 32.2. The van der Waals surface area contributed by atoms with Crippen molar-refractivity contribution in [3.63, 3.8) is 0 Å². The summed E-state index contributed by atoms with van der Waals surface area (Å²) < 4.78 is 5.50. The Labute approximate surface area is 102 Å². The number of ether oxygens (including phenoxy) is 1. The molecule has 0 unspecified atom stereocenters. The van der Waals surface area contributed by atoms with Gasteiger partial charge in [-0.1, -0.05) is 0 Å². The Morgan fingerprint density at radius 1 is 1.38 bits per heavy atom. The highest BCUT2D eigenvalue weighted by Gasteiger charge is 2.18. The summed E-state index contributed by atoms with van der Waals surface area (Å²) in [6.45, 7) is 1.74. The summed E-state index contributed by atoms with van der Waals surface area (Å²) in [6.07, 6.45) is 6.71. The number of hydrogen-bond donors (Lipinski definition) is 1. The average Bonchev–Trinajstić information content (AvgIpc) is 2.96. The molecule has 2 saturated heterocycles. The van der Waals surface area contributed by atoms with Crippen LogP contribution < -0.4 is 5.32 Å². The van der Waals surface area contributed by atoms with Crippen LogP contribution in [-0.4, -0.2) is 36.2 Å². The van der Waals surface area contributed by atoms with Gasteiger partial charge in [0, 0.05) is 24.8 Å². The van der Waals surface area contributed by atoms with E-state index in [2.05, 4.69) is 5.32 Å². The minimum Gasteiger partial charge on any atom is -0.378 e. The fourth-order valence-corrected chi connectivity index (χ4v) is 3.49. The van der Waals surface area contributed by atoms with Crippen LogP contribution in [0.4, 0.5) is 0 Å². The molecule has 1 amide bonds. The second kappa shape index (κ2) is 6.50. The summed E-state index contributed by atoms with van der Waals surface area (Å²) in [4.78, 5) is 11.6. The number of carbonyl (C=O) groups excluding carboxylic acids is 1. The van der Waals surface area contributed by atoms with Gasteiger partial charge in [0.05, 0.1) is 6.10 Å². The van der Waals surface area contributed by atoms with Gasteiger partial charge in [0.1, 0.15) is 0 Å². The molecule has 2 rings (SSSR count). The molecule has 2 aliphatic heterocycles. The van der Waals surface area contributed by atoms with Crippen LogP contribution in [0.3, 0.4) is 0 Å². The monoisotopic (exact) mass is 243 g/mol. The third-order valence-corrected chi connectivity index (χ3v) is 4.67. The third-order valence-electron chi connectivity index (χ3n) is 3.27. The first-order valence-electron chi connectivity index (χ1n) is 6.34. The highest BCUT2D eigenvalue weighted by molar-refractivity contribution is 8.00. The molecular weight excluding hydrogens is 222 g/mol. The van der Waals surface area contributed by atoms with Crippen LogP contribution in [0.15, 0.2) is 0 Å². The van der Waals surface area contributed by atoms with Crippen molar-refractivity contribution in [1.82, 2.24) is 5.32 Å². The van der Waals surface area contributed by atoms with E-state index in [0.717, 1.165) is 32.4 Å². The zero-order valence-electron chi connectivity index (χ0n) is 9.74. The largest absolute Gasteiger partial charge is 0.378 e. The number of hydrogen-bond acceptors (Lipinski definition) is 3. The molecule has 0 spiro atoms. The summed E-state index contributed by atoms with van der Waals surface area (Å²) in [5, 5.41) is 3.69.